The molecule has 0 aliphatic heterocycles. The fourth-order valence-corrected chi connectivity index (χ4v) is 1.67. The van der Waals surface area contributed by atoms with E-state index in [-0.39, 0.29) is 18.4 Å². The third-order valence-corrected chi connectivity index (χ3v) is 3.13. The van der Waals surface area contributed by atoms with Gasteiger partial charge in [-0.1, -0.05) is 6.08 Å². The van der Waals surface area contributed by atoms with Crippen molar-refractivity contribution in [3.8, 4) is 0 Å². The van der Waals surface area contributed by atoms with Gasteiger partial charge in [-0.05, 0) is 27.7 Å². The largest absolute Gasteiger partial charge is 1.00 e. The standard InChI is InChI=1S/C12H24NO2.ClH/c1-5-9-12(14)15-11-10-13(6-2,7-3)8-4;/h5,9H,6-8,10-11H2,1-4H3;1H/q+1;/p-1. The normalized spacial score (nSPS) is 11.2. The summed E-state index contributed by atoms with van der Waals surface area (Å²) in [4.78, 5) is 11.1. The number of likely N-dealkylation sites (N-methyl/N-ethyl adjacent to an activating group) is 1. The molecule has 16 heavy (non-hydrogen) atoms. The number of allylic oxidation sites excluding steroid dienone is 1. The quantitative estimate of drug-likeness (QED) is 0.328. The molecule has 0 saturated carbocycles. The van der Waals surface area contributed by atoms with Gasteiger partial charge in [-0.15, -0.1) is 0 Å². The maximum Gasteiger partial charge on any atom is 0.330 e. The van der Waals surface area contributed by atoms with E-state index in [0.717, 1.165) is 30.7 Å². The maximum atomic E-state index is 11.1. The molecule has 0 aromatic heterocycles. The molecule has 0 atom stereocenters. The second-order valence-corrected chi connectivity index (χ2v) is 3.68. The summed E-state index contributed by atoms with van der Waals surface area (Å²) in [6.45, 7) is 13.1. The van der Waals surface area contributed by atoms with Gasteiger partial charge in [0.25, 0.3) is 0 Å². The van der Waals surface area contributed by atoms with E-state index < -0.39 is 0 Å². The zero-order chi connectivity index (χ0) is 11.7. The van der Waals surface area contributed by atoms with Gasteiger partial charge in [-0.25, -0.2) is 4.79 Å². The summed E-state index contributed by atoms with van der Waals surface area (Å²) in [5.74, 6) is -0.237. The molecule has 0 amide bonds. The van der Waals surface area contributed by atoms with E-state index in [1.54, 1.807) is 6.08 Å². The molecule has 0 unspecified atom stereocenters. The van der Waals surface area contributed by atoms with Crippen LogP contribution in [0.25, 0.3) is 0 Å². The van der Waals surface area contributed by atoms with Gasteiger partial charge in [0.15, 0.2) is 0 Å². The van der Waals surface area contributed by atoms with Gasteiger partial charge in [0.1, 0.15) is 13.2 Å². The Balaban J connectivity index is 0. The highest BCUT2D eigenvalue weighted by atomic mass is 35.5. The van der Waals surface area contributed by atoms with Gasteiger partial charge >= 0.3 is 5.97 Å². The van der Waals surface area contributed by atoms with Crippen LogP contribution in [-0.2, 0) is 9.53 Å². The minimum absolute atomic E-state index is 0. The third-order valence-electron chi connectivity index (χ3n) is 3.13. The first-order valence-corrected chi connectivity index (χ1v) is 5.78. The summed E-state index contributed by atoms with van der Waals surface area (Å²) < 4.78 is 6.12. The van der Waals surface area contributed by atoms with Gasteiger partial charge in [-0.2, -0.15) is 0 Å². The topological polar surface area (TPSA) is 26.3 Å². The monoisotopic (exact) mass is 249 g/mol. The van der Waals surface area contributed by atoms with Crippen molar-refractivity contribution >= 4 is 5.97 Å². The van der Waals surface area contributed by atoms with Crippen LogP contribution in [0.1, 0.15) is 27.7 Å². The Morgan fingerprint density at radius 2 is 1.69 bits per heavy atom. The van der Waals surface area contributed by atoms with Crippen LogP contribution in [0.5, 0.6) is 0 Å². The van der Waals surface area contributed by atoms with E-state index in [4.69, 9.17) is 4.74 Å². The van der Waals surface area contributed by atoms with Gasteiger partial charge in [0.2, 0.25) is 0 Å². The lowest BCUT2D eigenvalue weighted by Crippen LogP contribution is -3.00. The number of halogens is 1. The van der Waals surface area contributed by atoms with Gasteiger partial charge in [0.05, 0.1) is 19.6 Å². The Labute approximate surface area is 105 Å². The second-order valence-electron chi connectivity index (χ2n) is 3.68. The Morgan fingerprint density at radius 1 is 1.19 bits per heavy atom. The van der Waals surface area contributed by atoms with Crippen LogP contribution in [0.2, 0.25) is 0 Å². The van der Waals surface area contributed by atoms with Crippen molar-refractivity contribution in [2.24, 2.45) is 0 Å². The number of rotatable bonds is 7. The van der Waals surface area contributed by atoms with Crippen molar-refractivity contribution in [1.29, 1.82) is 0 Å². The number of hydrogen-bond donors (Lipinski definition) is 0. The van der Waals surface area contributed by atoms with Crippen LogP contribution in [0.3, 0.4) is 0 Å². The van der Waals surface area contributed by atoms with E-state index in [9.17, 15) is 4.79 Å². The van der Waals surface area contributed by atoms with Crippen molar-refractivity contribution in [2.75, 3.05) is 32.8 Å². The highest BCUT2D eigenvalue weighted by Gasteiger charge is 2.20. The predicted molar refractivity (Wildman–Crippen MR) is 62.5 cm³/mol. The zero-order valence-corrected chi connectivity index (χ0v) is 11.6. The fourth-order valence-electron chi connectivity index (χ4n) is 1.67. The van der Waals surface area contributed by atoms with E-state index in [1.165, 1.54) is 6.08 Å². The van der Waals surface area contributed by atoms with Gasteiger partial charge < -0.3 is 21.6 Å². The maximum absolute atomic E-state index is 11.1. The van der Waals surface area contributed by atoms with Crippen LogP contribution in [0.15, 0.2) is 12.2 Å². The van der Waals surface area contributed by atoms with Crippen molar-refractivity contribution in [2.45, 2.75) is 27.7 Å². The molecule has 0 aromatic rings. The summed E-state index contributed by atoms with van der Waals surface area (Å²) in [7, 11) is 0. The summed E-state index contributed by atoms with van der Waals surface area (Å²) in [6, 6.07) is 0. The average molecular weight is 250 g/mol. The zero-order valence-electron chi connectivity index (χ0n) is 10.8. The van der Waals surface area contributed by atoms with Crippen LogP contribution >= 0.6 is 0 Å². The van der Waals surface area contributed by atoms with Crippen LogP contribution in [0, 0.1) is 0 Å². The van der Waals surface area contributed by atoms with E-state index in [0.29, 0.717) is 6.61 Å². The lowest BCUT2D eigenvalue weighted by atomic mass is 10.3. The fraction of sp³-hybridized carbons (Fsp3) is 0.750. The predicted octanol–water partition coefficient (Wildman–Crippen LogP) is -1.01. The Kier molecular flexibility index (Phi) is 10.8. The molecule has 0 spiro atoms. The number of hydrogen-bond acceptors (Lipinski definition) is 2. The number of esters is 1. The second kappa shape index (κ2) is 9.67. The summed E-state index contributed by atoms with van der Waals surface area (Å²) in [6.07, 6.45) is 3.16. The highest BCUT2D eigenvalue weighted by Crippen LogP contribution is 2.05. The average Bonchev–Trinajstić information content (AvgIpc) is 2.25. The first kappa shape index (κ1) is 17.8. The number of nitrogens with zero attached hydrogens (tertiary/aromatic N) is 1. The minimum atomic E-state index is -0.237. The van der Waals surface area contributed by atoms with Crippen molar-refractivity contribution in [1.82, 2.24) is 0 Å². The third kappa shape index (κ3) is 6.13. The van der Waals surface area contributed by atoms with Gasteiger partial charge in [0, 0.05) is 6.08 Å². The lowest BCUT2D eigenvalue weighted by Gasteiger charge is -2.35. The van der Waals surface area contributed by atoms with Crippen LogP contribution in [0.4, 0.5) is 0 Å². The molecule has 96 valence electrons. The number of ether oxygens (including phenoxy) is 1. The van der Waals surface area contributed by atoms with Gasteiger partial charge in [-0.3, -0.25) is 0 Å². The molecular weight excluding hydrogens is 226 g/mol. The smallest absolute Gasteiger partial charge is 0.330 e. The lowest BCUT2D eigenvalue weighted by molar-refractivity contribution is -0.923. The number of carbonyl (C=O) groups excluding carboxylic acids is 1. The molecular formula is C12H24ClNO2. The van der Waals surface area contributed by atoms with Crippen molar-refractivity contribution < 1.29 is 26.4 Å². The summed E-state index contributed by atoms with van der Waals surface area (Å²) in [5.41, 5.74) is 0. The Morgan fingerprint density at radius 3 is 2.06 bits per heavy atom. The molecule has 0 aromatic carbocycles. The number of carbonyl (C=O) groups is 1. The first-order valence-electron chi connectivity index (χ1n) is 5.78. The van der Waals surface area contributed by atoms with Crippen molar-refractivity contribution in [3.63, 3.8) is 0 Å². The molecule has 0 radical (unpaired) electrons. The molecule has 3 nitrogen and oxygen atoms in total. The summed E-state index contributed by atoms with van der Waals surface area (Å²) >= 11 is 0. The minimum Gasteiger partial charge on any atom is -1.00 e. The number of quaternary nitrogens is 1. The molecule has 0 rings (SSSR count). The van der Waals surface area contributed by atoms with E-state index >= 15 is 0 Å². The molecule has 4 heteroatoms. The molecule has 0 N–H and O–H groups in total. The molecule has 0 aliphatic rings. The summed E-state index contributed by atoms with van der Waals surface area (Å²) in [5, 5.41) is 0. The Hall–Kier alpha value is -0.540. The molecule has 0 fully saturated rings. The molecule has 0 bridgehead atoms. The molecule has 0 saturated heterocycles. The van der Waals surface area contributed by atoms with E-state index in [1.807, 2.05) is 6.92 Å². The highest BCUT2D eigenvalue weighted by molar-refractivity contribution is 5.81. The molecule has 0 heterocycles. The van der Waals surface area contributed by atoms with Crippen LogP contribution < -0.4 is 12.4 Å². The molecule has 0 aliphatic carbocycles. The first-order chi connectivity index (χ1) is 7.14. The SMILES string of the molecule is CC=CC(=O)OCC[N+](CC)(CC)CC.[Cl-]. The van der Waals surface area contributed by atoms with Crippen molar-refractivity contribution in [3.05, 3.63) is 12.2 Å². The van der Waals surface area contributed by atoms with Crippen LogP contribution in [-0.4, -0.2) is 43.2 Å². The van der Waals surface area contributed by atoms with E-state index in [2.05, 4.69) is 20.8 Å². The Bertz CT molecular complexity index is 205.